The average Bonchev–Trinajstić information content (AvgIpc) is 2.88. The Hall–Kier alpha value is -3.25. The van der Waals surface area contributed by atoms with E-state index in [-0.39, 0.29) is 5.91 Å². The Bertz CT molecular complexity index is 772. The molecule has 1 amide bonds. The van der Waals surface area contributed by atoms with Crippen LogP contribution in [0.3, 0.4) is 0 Å². The highest BCUT2D eigenvalue weighted by atomic mass is 16.1. The number of nitriles is 1. The number of carbonyl (C=O) groups excluding carboxylic acids is 1. The molecule has 1 aromatic heterocycles. The van der Waals surface area contributed by atoms with Crippen LogP contribution in [0, 0.1) is 23.2 Å². The van der Waals surface area contributed by atoms with E-state index in [0.717, 1.165) is 11.3 Å². The lowest BCUT2D eigenvalue weighted by molar-refractivity contribution is -0.118. The third-order valence-electron chi connectivity index (χ3n) is 2.90. The molecule has 1 heterocycles. The van der Waals surface area contributed by atoms with Crippen LogP contribution in [0.5, 0.6) is 0 Å². The Morgan fingerprint density at radius 2 is 2.14 bits per heavy atom. The van der Waals surface area contributed by atoms with Crippen molar-refractivity contribution in [1.29, 1.82) is 5.26 Å². The fourth-order valence-corrected chi connectivity index (χ4v) is 1.80. The Kier molecular flexibility index (Phi) is 4.79. The zero-order valence-electron chi connectivity index (χ0n) is 12.1. The first-order chi connectivity index (χ1) is 10.6. The number of nitrogens with two attached hydrogens (primary N) is 1. The summed E-state index contributed by atoms with van der Waals surface area (Å²) >= 11 is 0. The number of nitrogen functional groups attached to an aromatic ring is 1. The van der Waals surface area contributed by atoms with E-state index >= 15 is 0 Å². The van der Waals surface area contributed by atoms with Crippen LogP contribution < -0.4 is 11.1 Å². The molecule has 0 radical (unpaired) electrons. The number of nitrogens with one attached hydrogen (secondary N) is 1. The maximum atomic E-state index is 10.7. The van der Waals surface area contributed by atoms with Crippen molar-refractivity contribution in [2.24, 2.45) is 0 Å². The summed E-state index contributed by atoms with van der Waals surface area (Å²) in [6.07, 6.45) is 2.03. The lowest BCUT2D eigenvalue weighted by atomic mass is 10.2. The summed E-state index contributed by atoms with van der Waals surface area (Å²) in [5.74, 6) is 6.26. The molecule has 2 aromatic rings. The standard InChI is InChI=1S/C16H15N5O/c1-12(22)19-9-3-2-4-13-5-7-15(8-6-13)21-16(18)14(10-17)11-20-21/h5-8,11H,3,9,18H2,1H3,(H,19,22). The third-order valence-corrected chi connectivity index (χ3v) is 2.90. The number of nitrogens with zero attached hydrogens (tertiary/aromatic N) is 3. The van der Waals surface area contributed by atoms with Gasteiger partial charge in [-0.2, -0.15) is 10.4 Å². The van der Waals surface area contributed by atoms with Gasteiger partial charge < -0.3 is 11.1 Å². The normalized spacial score (nSPS) is 9.45. The van der Waals surface area contributed by atoms with Gasteiger partial charge in [0.2, 0.25) is 5.91 Å². The Morgan fingerprint density at radius 3 is 2.73 bits per heavy atom. The van der Waals surface area contributed by atoms with Gasteiger partial charge in [0.05, 0.1) is 11.9 Å². The summed E-state index contributed by atoms with van der Waals surface area (Å²) in [4.78, 5) is 10.7. The predicted molar refractivity (Wildman–Crippen MR) is 82.9 cm³/mol. The second-order valence-corrected chi connectivity index (χ2v) is 4.55. The molecule has 0 saturated heterocycles. The van der Waals surface area contributed by atoms with Gasteiger partial charge in [0, 0.05) is 25.5 Å². The molecule has 0 aliphatic carbocycles. The third kappa shape index (κ3) is 3.65. The molecule has 3 N–H and O–H groups in total. The fraction of sp³-hybridized carbons (Fsp3) is 0.188. The molecule has 6 nitrogen and oxygen atoms in total. The maximum Gasteiger partial charge on any atom is 0.216 e. The van der Waals surface area contributed by atoms with E-state index < -0.39 is 0 Å². The van der Waals surface area contributed by atoms with Gasteiger partial charge in [0.1, 0.15) is 17.5 Å². The van der Waals surface area contributed by atoms with E-state index in [1.165, 1.54) is 17.8 Å². The van der Waals surface area contributed by atoms with Crippen LogP contribution >= 0.6 is 0 Å². The highest BCUT2D eigenvalue weighted by Gasteiger charge is 2.07. The highest BCUT2D eigenvalue weighted by molar-refractivity contribution is 5.72. The van der Waals surface area contributed by atoms with Crippen LogP contribution in [0.25, 0.3) is 5.69 Å². The number of anilines is 1. The van der Waals surface area contributed by atoms with Crippen LogP contribution in [0.1, 0.15) is 24.5 Å². The highest BCUT2D eigenvalue weighted by Crippen LogP contribution is 2.16. The van der Waals surface area contributed by atoms with E-state index in [9.17, 15) is 4.79 Å². The van der Waals surface area contributed by atoms with Crippen LogP contribution in [0.2, 0.25) is 0 Å². The number of amides is 1. The average molecular weight is 293 g/mol. The number of hydrogen-bond donors (Lipinski definition) is 2. The monoisotopic (exact) mass is 293 g/mol. The second-order valence-electron chi connectivity index (χ2n) is 4.55. The summed E-state index contributed by atoms with van der Waals surface area (Å²) < 4.78 is 1.51. The van der Waals surface area contributed by atoms with Crippen molar-refractivity contribution in [1.82, 2.24) is 15.1 Å². The second kappa shape index (κ2) is 6.96. The summed E-state index contributed by atoms with van der Waals surface area (Å²) in [5, 5.41) is 15.6. The lowest BCUT2D eigenvalue weighted by Crippen LogP contribution is -2.20. The lowest BCUT2D eigenvalue weighted by Gasteiger charge is -2.03. The van der Waals surface area contributed by atoms with Gasteiger partial charge in [-0.25, -0.2) is 4.68 Å². The van der Waals surface area contributed by atoms with Crippen molar-refractivity contribution >= 4 is 11.7 Å². The summed E-state index contributed by atoms with van der Waals surface area (Å²) in [6.45, 7) is 2.02. The Morgan fingerprint density at radius 1 is 1.41 bits per heavy atom. The molecule has 2 rings (SSSR count). The quantitative estimate of drug-likeness (QED) is 0.656. The molecule has 0 saturated carbocycles. The van der Waals surface area contributed by atoms with E-state index in [0.29, 0.717) is 24.3 Å². The van der Waals surface area contributed by atoms with E-state index in [1.807, 2.05) is 30.3 Å². The van der Waals surface area contributed by atoms with Crippen molar-refractivity contribution in [3.05, 3.63) is 41.6 Å². The predicted octanol–water partition coefficient (Wildman–Crippen LogP) is 1.20. The first-order valence-corrected chi connectivity index (χ1v) is 6.69. The molecule has 0 fully saturated rings. The molecule has 0 unspecified atom stereocenters. The molecule has 22 heavy (non-hydrogen) atoms. The largest absolute Gasteiger partial charge is 0.382 e. The summed E-state index contributed by atoms with van der Waals surface area (Å²) in [7, 11) is 0. The molecule has 0 aliphatic rings. The van der Waals surface area contributed by atoms with Crippen LogP contribution in [-0.4, -0.2) is 22.2 Å². The molecule has 6 heteroatoms. The minimum Gasteiger partial charge on any atom is -0.382 e. The smallest absolute Gasteiger partial charge is 0.216 e. The van der Waals surface area contributed by atoms with Gasteiger partial charge in [0.25, 0.3) is 0 Å². The molecule has 0 atom stereocenters. The molecule has 110 valence electrons. The van der Waals surface area contributed by atoms with E-state index in [2.05, 4.69) is 22.3 Å². The van der Waals surface area contributed by atoms with Crippen LogP contribution in [-0.2, 0) is 4.79 Å². The number of carbonyl (C=O) groups is 1. The number of benzene rings is 1. The Labute approximate surface area is 128 Å². The minimum absolute atomic E-state index is 0.0558. The topological polar surface area (TPSA) is 96.7 Å². The van der Waals surface area contributed by atoms with Gasteiger partial charge in [-0.1, -0.05) is 11.8 Å². The molecular formula is C16H15N5O. The van der Waals surface area contributed by atoms with Crippen LogP contribution in [0.15, 0.2) is 30.5 Å². The number of hydrogen-bond acceptors (Lipinski definition) is 4. The van der Waals surface area contributed by atoms with Gasteiger partial charge in [-0.3, -0.25) is 4.79 Å². The van der Waals surface area contributed by atoms with Crippen LogP contribution in [0.4, 0.5) is 5.82 Å². The zero-order valence-corrected chi connectivity index (χ0v) is 12.1. The van der Waals surface area contributed by atoms with Crippen molar-refractivity contribution in [3.63, 3.8) is 0 Å². The van der Waals surface area contributed by atoms with Crippen molar-refractivity contribution in [2.75, 3.05) is 12.3 Å². The van der Waals surface area contributed by atoms with Crippen molar-refractivity contribution in [3.8, 4) is 23.6 Å². The number of rotatable bonds is 3. The molecule has 0 bridgehead atoms. The minimum atomic E-state index is -0.0558. The van der Waals surface area contributed by atoms with Gasteiger partial charge in [0.15, 0.2) is 0 Å². The maximum absolute atomic E-state index is 10.7. The van der Waals surface area contributed by atoms with Gasteiger partial charge in [-0.05, 0) is 24.3 Å². The van der Waals surface area contributed by atoms with Gasteiger partial charge >= 0.3 is 0 Å². The number of aromatic nitrogens is 2. The first-order valence-electron chi connectivity index (χ1n) is 6.69. The molecule has 0 aliphatic heterocycles. The van der Waals surface area contributed by atoms with Crippen molar-refractivity contribution < 1.29 is 4.79 Å². The van der Waals surface area contributed by atoms with E-state index in [1.54, 1.807) is 0 Å². The van der Waals surface area contributed by atoms with Crippen molar-refractivity contribution in [2.45, 2.75) is 13.3 Å². The van der Waals surface area contributed by atoms with Gasteiger partial charge in [-0.15, -0.1) is 0 Å². The zero-order chi connectivity index (χ0) is 15.9. The molecule has 1 aromatic carbocycles. The Balaban J connectivity index is 2.05. The fourth-order valence-electron chi connectivity index (χ4n) is 1.80. The summed E-state index contributed by atoms with van der Waals surface area (Å²) in [6, 6.07) is 9.37. The molecular weight excluding hydrogens is 278 g/mol. The summed E-state index contributed by atoms with van der Waals surface area (Å²) in [5.41, 5.74) is 7.81. The first kappa shape index (κ1) is 15.1. The van der Waals surface area contributed by atoms with E-state index in [4.69, 9.17) is 11.0 Å². The molecule has 0 spiro atoms. The SMILES string of the molecule is CC(=O)NCCC#Cc1ccc(-n2ncc(C#N)c2N)cc1.